The molecule has 2 rings (SSSR count). The summed E-state index contributed by atoms with van der Waals surface area (Å²) < 4.78 is 0. The molecule has 0 aliphatic heterocycles. The minimum absolute atomic E-state index is 0. The van der Waals surface area contributed by atoms with E-state index in [4.69, 9.17) is 10.8 Å². The molecular formula is C14H14ClNO. The monoisotopic (exact) mass is 247 g/mol. The van der Waals surface area contributed by atoms with Gasteiger partial charge in [0.15, 0.2) is 0 Å². The van der Waals surface area contributed by atoms with Gasteiger partial charge in [-0.3, -0.25) is 0 Å². The smallest absolute Gasteiger partial charge is 0.115 e. The van der Waals surface area contributed by atoms with Gasteiger partial charge in [-0.15, -0.1) is 12.4 Å². The summed E-state index contributed by atoms with van der Waals surface area (Å²) in [5.41, 5.74) is 8.51. The Morgan fingerprint density at radius 3 is 1.65 bits per heavy atom. The number of aromatic hydroxyl groups is 1. The van der Waals surface area contributed by atoms with E-state index >= 15 is 0 Å². The van der Waals surface area contributed by atoms with Crippen LogP contribution in [0.3, 0.4) is 0 Å². The second-order valence-electron chi connectivity index (χ2n) is 3.59. The third kappa shape index (κ3) is 3.85. The molecule has 0 spiro atoms. The first-order chi connectivity index (χ1) is 7.74. The van der Waals surface area contributed by atoms with Crippen molar-refractivity contribution in [1.29, 1.82) is 0 Å². The molecule has 0 amide bonds. The number of halogens is 1. The van der Waals surface area contributed by atoms with Crippen LogP contribution in [0.25, 0.3) is 12.2 Å². The van der Waals surface area contributed by atoms with E-state index in [1.54, 1.807) is 12.1 Å². The number of rotatable bonds is 2. The number of hydrogen-bond donors (Lipinski definition) is 2. The average Bonchev–Trinajstić information content (AvgIpc) is 2.30. The van der Waals surface area contributed by atoms with E-state index in [1.165, 1.54) is 0 Å². The molecule has 88 valence electrons. The van der Waals surface area contributed by atoms with Gasteiger partial charge in [0.05, 0.1) is 0 Å². The van der Waals surface area contributed by atoms with Crippen molar-refractivity contribution in [2.45, 2.75) is 0 Å². The molecule has 0 atom stereocenters. The van der Waals surface area contributed by atoms with Gasteiger partial charge >= 0.3 is 0 Å². The lowest BCUT2D eigenvalue weighted by molar-refractivity contribution is 0.475. The van der Waals surface area contributed by atoms with Gasteiger partial charge in [-0.25, -0.2) is 0 Å². The topological polar surface area (TPSA) is 46.2 Å². The fourth-order valence-electron chi connectivity index (χ4n) is 1.39. The summed E-state index contributed by atoms with van der Waals surface area (Å²) in [5.74, 6) is 0.282. The van der Waals surface area contributed by atoms with Crippen LogP contribution in [0.5, 0.6) is 5.75 Å². The van der Waals surface area contributed by atoms with Gasteiger partial charge in [0, 0.05) is 5.69 Å². The number of phenols is 1. The lowest BCUT2D eigenvalue weighted by atomic mass is 10.1. The zero-order valence-corrected chi connectivity index (χ0v) is 10.0. The number of nitrogens with two attached hydrogens (primary N) is 1. The van der Waals surface area contributed by atoms with Crippen molar-refractivity contribution in [2.75, 3.05) is 5.73 Å². The van der Waals surface area contributed by atoms with Crippen molar-refractivity contribution in [3.05, 3.63) is 59.7 Å². The Labute approximate surface area is 107 Å². The summed E-state index contributed by atoms with van der Waals surface area (Å²) >= 11 is 0. The van der Waals surface area contributed by atoms with Crippen molar-refractivity contribution in [2.24, 2.45) is 0 Å². The predicted octanol–water partition coefficient (Wildman–Crippen LogP) is 3.57. The van der Waals surface area contributed by atoms with E-state index in [2.05, 4.69) is 0 Å². The fourth-order valence-corrected chi connectivity index (χ4v) is 1.39. The Kier molecular flexibility index (Phi) is 4.61. The predicted molar refractivity (Wildman–Crippen MR) is 75.1 cm³/mol. The van der Waals surface area contributed by atoms with Crippen LogP contribution < -0.4 is 5.73 Å². The number of anilines is 1. The summed E-state index contributed by atoms with van der Waals surface area (Å²) in [6.45, 7) is 0. The van der Waals surface area contributed by atoms with E-state index in [0.717, 1.165) is 16.8 Å². The van der Waals surface area contributed by atoms with E-state index in [1.807, 2.05) is 48.6 Å². The number of hydrogen-bond acceptors (Lipinski definition) is 2. The SMILES string of the molecule is Cl.Nc1ccc(/C=C/c2ccc(O)cc2)cc1. The highest BCUT2D eigenvalue weighted by molar-refractivity contribution is 5.85. The third-order valence-corrected chi connectivity index (χ3v) is 2.30. The molecule has 2 nitrogen and oxygen atoms in total. The molecule has 2 aromatic carbocycles. The zero-order valence-electron chi connectivity index (χ0n) is 9.21. The van der Waals surface area contributed by atoms with Gasteiger partial charge < -0.3 is 10.8 Å². The quantitative estimate of drug-likeness (QED) is 0.630. The summed E-state index contributed by atoms with van der Waals surface area (Å²) in [7, 11) is 0. The Hall–Kier alpha value is -1.93. The van der Waals surface area contributed by atoms with Crippen LogP contribution in [-0.4, -0.2) is 5.11 Å². The molecule has 0 aliphatic carbocycles. The van der Waals surface area contributed by atoms with E-state index in [-0.39, 0.29) is 18.2 Å². The molecule has 0 unspecified atom stereocenters. The van der Waals surface area contributed by atoms with Crippen LogP contribution in [0, 0.1) is 0 Å². The molecule has 3 heteroatoms. The van der Waals surface area contributed by atoms with Gasteiger partial charge in [0.1, 0.15) is 5.75 Å². The van der Waals surface area contributed by atoms with Crippen LogP contribution in [0.15, 0.2) is 48.5 Å². The van der Waals surface area contributed by atoms with E-state index in [9.17, 15) is 0 Å². The van der Waals surface area contributed by atoms with Gasteiger partial charge in [-0.1, -0.05) is 36.4 Å². The largest absolute Gasteiger partial charge is 0.508 e. The summed E-state index contributed by atoms with van der Waals surface area (Å²) in [6.07, 6.45) is 4.00. The zero-order chi connectivity index (χ0) is 11.4. The first-order valence-electron chi connectivity index (χ1n) is 5.07. The van der Waals surface area contributed by atoms with Crippen molar-refractivity contribution in [1.82, 2.24) is 0 Å². The highest BCUT2D eigenvalue weighted by atomic mass is 35.5. The van der Waals surface area contributed by atoms with Crippen molar-refractivity contribution in [3.63, 3.8) is 0 Å². The second kappa shape index (κ2) is 5.97. The molecule has 0 saturated carbocycles. The maximum absolute atomic E-state index is 9.13. The van der Waals surface area contributed by atoms with E-state index < -0.39 is 0 Å². The Morgan fingerprint density at radius 2 is 1.18 bits per heavy atom. The molecule has 0 heterocycles. The lowest BCUT2D eigenvalue weighted by Crippen LogP contribution is -1.82. The van der Waals surface area contributed by atoms with Crippen molar-refractivity contribution >= 4 is 30.2 Å². The van der Waals surface area contributed by atoms with Crippen LogP contribution in [0.4, 0.5) is 5.69 Å². The molecular weight excluding hydrogens is 234 g/mol. The molecule has 3 N–H and O–H groups in total. The Balaban J connectivity index is 0.00000144. The van der Waals surface area contributed by atoms with Crippen LogP contribution in [0.1, 0.15) is 11.1 Å². The molecule has 0 radical (unpaired) electrons. The van der Waals surface area contributed by atoms with Gasteiger partial charge in [0.2, 0.25) is 0 Å². The maximum Gasteiger partial charge on any atom is 0.115 e. The average molecular weight is 248 g/mol. The standard InChI is InChI=1S/C14H13NO.ClH/c15-13-7-3-11(4-8-13)1-2-12-5-9-14(16)10-6-12;/h1-10,16H,15H2;1H/b2-1+;. The molecule has 0 saturated heterocycles. The molecule has 0 fully saturated rings. The van der Waals surface area contributed by atoms with Crippen LogP contribution >= 0.6 is 12.4 Å². The minimum Gasteiger partial charge on any atom is -0.508 e. The number of nitrogen functional groups attached to an aromatic ring is 1. The Morgan fingerprint density at radius 1 is 0.765 bits per heavy atom. The first kappa shape index (κ1) is 13.1. The van der Waals surface area contributed by atoms with Crippen LogP contribution in [0.2, 0.25) is 0 Å². The van der Waals surface area contributed by atoms with Crippen molar-refractivity contribution in [3.8, 4) is 5.75 Å². The molecule has 0 aliphatic rings. The highest BCUT2D eigenvalue weighted by Crippen LogP contribution is 2.13. The highest BCUT2D eigenvalue weighted by Gasteiger charge is 1.89. The molecule has 0 aromatic heterocycles. The summed E-state index contributed by atoms with van der Waals surface area (Å²) in [5, 5.41) is 9.13. The van der Waals surface area contributed by atoms with Crippen molar-refractivity contribution < 1.29 is 5.11 Å². The molecule has 17 heavy (non-hydrogen) atoms. The van der Waals surface area contributed by atoms with Gasteiger partial charge in [-0.2, -0.15) is 0 Å². The molecule has 0 bridgehead atoms. The number of phenolic OH excluding ortho intramolecular Hbond substituents is 1. The van der Waals surface area contributed by atoms with Crippen LogP contribution in [-0.2, 0) is 0 Å². The summed E-state index contributed by atoms with van der Waals surface area (Å²) in [4.78, 5) is 0. The van der Waals surface area contributed by atoms with Gasteiger partial charge in [0.25, 0.3) is 0 Å². The maximum atomic E-state index is 9.13. The Bertz CT molecular complexity index is 441. The van der Waals surface area contributed by atoms with Gasteiger partial charge in [-0.05, 0) is 35.4 Å². The summed E-state index contributed by atoms with van der Waals surface area (Å²) in [6, 6.07) is 14.7. The molecule has 2 aromatic rings. The minimum atomic E-state index is 0. The first-order valence-corrected chi connectivity index (χ1v) is 5.07. The van der Waals surface area contributed by atoms with E-state index in [0.29, 0.717) is 0 Å². The number of benzene rings is 2. The normalized spacial score (nSPS) is 10.1. The fraction of sp³-hybridized carbons (Fsp3) is 0. The second-order valence-corrected chi connectivity index (χ2v) is 3.59. The lowest BCUT2D eigenvalue weighted by Gasteiger charge is -1.96. The third-order valence-electron chi connectivity index (χ3n) is 2.30.